The van der Waals surface area contributed by atoms with Gasteiger partial charge in [0.25, 0.3) is 0 Å². The summed E-state index contributed by atoms with van der Waals surface area (Å²) in [7, 11) is 0. The molecule has 19 heavy (non-hydrogen) atoms. The van der Waals surface area contributed by atoms with Crippen molar-refractivity contribution in [2.75, 3.05) is 13.1 Å². The number of pyridine rings is 1. The van der Waals surface area contributed by atoms with Crippen molar-refractivity contribution >= 4 is 16.9 Å². The van der Waals surface area contributed by atoms with E-state index in [9.17, 15) is 4.79 Å². The van der Waals surface area contributed by atoms with Crippen LogP contribution < -0.4 is 10.1 Å². The van der Waals surface area contributed by atoms with Gasteiger partial charge in [-0.2, -0.15) is 0 Å². The van der Waals surface area contributed by atoms with Crippen LogP contribution in [0.3, 0.4) is 0 Å². The molecular weight excluding hydrogens is 240 g/mol. The number of piperidine rings is 1. The number of benzene rings is 1. The third-order valence-corrected chi connectivity index (χ3v) is 3.48. The number of hydrogen-bond donors (Lipinski definition) is 1. The molecule has 0 radical (unpaired) electrons. The lowest BCUT2D eigenvalue weighted by molar-refractivity contribution is -0.139. The Kier molecular flexibility index (Phi) is 3.42. The number of ether oxygens (including phenoxy) is 1. The highest BCUT2D eigenvalue weighted by Crippen LogP contribution is 2.25. The van der Waals surface area contributed by atoms with Gasteiger partial charge in [-0.15, -0.1) is 0 Å². The van der Waals surface area contributed by atoms with Crippen LogP contribution in [0.5, 0.6) is 5.75 Å². The van der Waals surface area contributed by atoms with Crippen molar-refractivity contribution in [2.45, 2.75) is 12.8 Å². The molecule has 0 saturated carbocycles. The number of nitrogens with one attached hydrogen (secondary N) is 1. The molecule has 4 heteroatoms. The van der Waals surface area contributed by atoms with E-state index in [2.05, 4.69) is 10.3 Å². The first-order chi connectivity index (χ1) is 9.34. The van der Waals surface area contributed by atoms with E-state index in [-0.39, 0.29) is 11.9 Å². The molecule has 1 aromatic carbocycles. The Morgan fingerprint density at radius 1 is 1.21 bits per heavy atom. The number of para-hydroxylation sites is 1. The molecule has 0 spiro atoms. The van der Waals surface area contributed by atoms with E-state index < -0.39 is 0 Å². The van der Waals surface area contributed by atoms with Gasteiger partial charge in [0.1, 0.15) is 5.52 Å². The average molecular weight is 256 g/mol. The lowest BCUT2D eigenvalue weighted by Crippen LogP contribution is -2.33. The van der Waals surface area contributed by atoms with E-state index in [1.54, 1.807) is 12.3 Å². The summed E-state index contributed by atoms with van der Waals surface area (Å²) in [5.41, 5.74) is 0.743. The van der Waals surface area contributed by atoms with Gasteiger partial charge in [0.2, 0.25) is 0 Å². The van der Waals surface area contributed by atoms with Crippen LogP contribution in [-0.4, -0.2) is 24.0 Å². The Morgan fingerprint density at radius 2 is 2.00 bits per heavy atom. The number of nitrogens with zero attached hydrogens (tertiary/aromatic N) is 1. The zero-order chi connectivity index (χ0) is 13.1. The molecule has 0 unspecified atom stereocenters. The van der Waals surface area contributed by atoms with Crippen LogP contribution in [-0.2, 0) is 4.79 Å². The van der Waals surface area contributed by atoms with E-state index in [0.717, 1.165) is 36.8 Å². The molecule has 1 fully saturated rings. The first-order valence-electron chi connectivity index (χ1n) is 6.61. The third-order valence-electron chi connectivity index (χ3n) is 3.48. The highest BCUT2D eigenvalue weighted by atomic mass is 16.5. The van der Waals surface area contributed by atoms with Gasteiger partial charge in [-0.25, -0.2) is 0 Å². The van der Waals surface area contributed by atoms with Gasteiger partial charge in [-0.3, -0.25) is 9.78 Å². The maximum absolute atomic E-state index is 12.1. The van der Waals surface area contributed by atoms with Crippen LogP contribution in [0.25, 0.3) is 10.9 Å². The molecule has 1 saturated heterocycles. The minimum Gasteiger partial charge on any atom is -0.424 e. The number of rotatable bonds is 2. The fraction of sp³-hybridized carbons (Fsp3) is 0.333. The van der Waals surface area contributed by atoms with Crippen molar-refractivity contribution < 1.29 is 9.53 Å². The molecule has 1 aromatic heterocycles. The first-order valence-corrected chi connectivity index (χ1v) is 6.61. The van der Waals surface area contributed by atoms with Crippen LogP contribution in [0.15, 0.2) is 36.5 Å². The average Bonchev–Trinajstić information content (AvgIpc) is 2.48. The lowest BCUT2D eigenvalue weighted by atomic mass is 9.98. The van der Waals surface area contributed by atoms with Crippen LogP contribution in [0.2, 0.25) is 0 Å². The summed E-state index contributed by atoms with van der Waals surface area (Å²) in [4.78, 5) is 16.4. The fourth-order valence-electron chi connectivity index (χ4n) is 2.41. The molecule has 3 rings (SSSR count). The molecule has 1 N–H and O–H groups in total. The van der Waals surface area contributed by atoms with Gasteiger partial charge in [0.05, 0.1) is 5.92 Å². The topological polar surface area (TPSA) is 51.2 Å². The molecule has 98 valence electrons. The van der Waals surface area contributed by atoms with Crippen LogP contribution in [0, 0.1) is 5.92 Å². The van der Waals surface area contributed by atoms with Crippen molar-refractivity contribution in [1.82, 2.24) is 10.3 Å². The highest BCUT2D eigenvalue weighted by Gasteiger charge is 2.23. The molecule has 2 heterocycles. The number of hydrogen-bond acceptors (Lipinski definition) is 4. The Hall–Kier alpha value is -1.94. The molecule has 0 amide bonds. The third kappa shape index (κ3) is 2.58. The smallest absolute Gasteiger partial charge is 0.314 e. The van der Waals surface area contributed by atoms with Gasteiger partial charge < -0.3 is 10.1 Å². The summed E-state index contributed by atoms with van der Waals surface area (Å²) in [6.45, 7) is 1.76. The summed E-state index contributed by atoms with van der Waals surface area (Å²) >= 11 is 0. The molecule has 2 aromatic rings. The van der Waals surface area contributed by atoms with Gasteiger partial charge >= 0.3 is 5.97 Å². The van der Waals surface area contributed by atoms with Gasteiger partial charge in [-0.05, 0) is 38.1 Å². The van der Waals surface area contributed by atoms with Crippen LogP contribution >= 0.6 is 0 Å². The largest absolute Gasteiger partial charge is 0.424 e. The quantitative estimate of drug-likeness (QED) is 0.660. The van der Waals surface area contributed by atoms with E-state index in [4.69, 9.17) is 4.74 Å². The van der Waals surface area contributed by atoms with Crippen molar-refractivity contribution in [2.24, 2.45) is 5.92 Å². The number of fused-ring (bicyclic) bond motifs is 1. The van der Waals surface area contributed by atoms with Crippen molar-refractivity contribution in [3.63, 3.8) is 0 Å². The predicted molar refractivity (Wildman–Crippen MR) is 73.0 cm³/mol. The summed E-state index contributed by atoms with van der Waals surface area (Å²) in [5.74, 6) is 0.418. The second-order valence-electron chi connectivity index (χ2n) is 4.78. The van der Waals surface area contributed by atoms with Crippen molar-refractivity contribution in [3.05, 3.63) is 36.5 Å². The Labute approximate surface area is 111 Å². The van der Waals surface area contributed by atoms with Crippen molar-refractivity contribution in [1.29, 1.82) is 0 Å². The summed E-state index contributed by atoms with van der Waals surface area (Å²) in [6.07, 6.45) is 3.40. The predicted octanol–water partition coefficient (Wildman–Crippen LogP) is 2.14. The number of aromatic nitrogens is 1. The Morgan fingerprint density at radius 3 is 2.84 bits per heavy atom. The molecule has 0 bridgehead atoms. The molecule has 0 atom stereocenters. The van der Waals surface area contributed by atoms with Crippen LogP contribution in [0.4, 0.5) is 0 Å². The van der Waals surface area contributed by atoms with Crippen molar-refractivity contribution in [3.8, 4) is 5.75 Å². The highest BCUT2D eigenvalue weighted by molar-refractivity contribution is 5.87. The fourth-order valence-corrected chi connectivity index (χ4v) is 2.41. The summed E-state index contributed by atoms with van der Waals surface area (Å²) in [5, 5.41) is 4.23. The SMILES string of the molecule is O=C(Oc1cccc2cccnc12)C1CCNCC1. The second-order valence-corrected chi connectivity index (χ2v) is 4.78. The monoisotopic (exact) mass is 256 g/mol. The number of esters is 1. The molecular formula is C15H16N2O2. The maximum Gasteiger partial charge on any atom is 0.314 e. The molecule has 1 aliphatic rings. The molecule has 0 aliphatic carbocycles. The van der Waals surface area contributed by atoms with Crippen LogP contribution in [0.1, 0.15) is 12.8 Å². The first kappa shape index (κ1) is 12.1. The van der Waals surface area contributed by atoms with E-state index in [1.807, 2.05) is 24.3 Å². The summed E-state index contributed by atoms with van der Waals surface area (Å²) in [6, 6.07) is 9.48. The standard InChI is InChI=1S/C15H16N2O2/c18-15(12-6-9-16-10-7-12)19-13-5-1-3-11-4-2-8-17-14(11)13/h1-5,8,12,16H,6-7,9-10H2. The maximum atomic E-state index is 12.1. The zero-order valence-electron chi connectivity index (χ0n) is 10.6. The Bertz CT molecular complexity index is 586. The lowest BCUT2D eigenvalue weighted by Gasteiger charge is -2.21. The van der Waals surface area contributed by atoms with Gasteiger partial charge in [-0.1, -0.05) is 18.2 Å². The second kappa shape index (κ2) is 5.36. The number of carbonyl (C=O) groups is 1. The minimum absolute atomic E-state index is 0.000202. The normalized spacial score (nSPS) is 16.4. The minimum atomic E-state index is -0.139. The van der Waals surface area contributed by atoms with Gasteiger partial charge in [0.15, 0.2) is 5.75 Å². The summed E-state index contributed by atoms with van der Waals surface area (Å²) < 4.78 is 5.54. The zero-order valence-corrected chi connectivity index (χ0v) is 10.6. The van der Waals surface area contributed by atoms with Gasteiger partial charge in [0, 0.05) is 11.6 Å². The van der Waals surface area contributed by atoms with E-state index in [0.29, 0.717) is 5.75 Å². The number of carbonyl (C=O) groups excluding carboxylic acids is 1. The van der Waals surface area contributed by atoms with E-state index >= 15 is 0 Å². The Balaban J connectivity index is 1.82. The molecule has 4 nitrogen and oxygen atoms in total. The molecule has 1 aliphatic heterocycles. The van der Waals surface area contributed by atoms with E-state index in [1.165, 1.54) is 0 Å².